The van der Waals surface area contributed by atoms with Crippen molar-refractivity contribution in [2.75, 3.05) is 11.9 Å². The Bertz CT molecular complexity index is 1110. The SMILES string of the molecule is Cc1cc(C)c2cc(C(=O)OCC(=O)Nc3cc([N+](=O)[O-])ccc3F)[nH]c2c1. The lowest BCUT2D eigenvalue weighted by molar-refractivity contribution is -0.384. The van der Waals surface area contributed by atoms with Crippen LogP contribution in [-0.2, 0) is 9.53 Å². The van der Waals surface area contributed by atoms with E-state index in [4.69, 9.17) is 4.74 Å². The number of nitrogens with one attached hydrogen (secondary N) is 2. The molecule has 2 N–H and O–H groups in total. The van der Waals surface area contributed by atoms with Crippen molar-refractivity contribution in [2.24, 2.45) is 0 Å². The number of fused-ring (bicyclic) bond motifs is 1. The van der Waals surface area contributed by atoms with Crippen molar-refractivity contribution in [3.8, 4) is 0 Å². The zero-order valence-electron chi connectivity index (χ0n) is 15.0. The molecule has 1 aromatic heterocycles. The summed E-state index contributed by atoms with van der Waals surface area (Å²) < 4.78 is 18.6. The minimum Gasteiger partial charge on any atom is -0.451 e. The highest BCUT2D eigenvalue weighted by atomic mass is 19.1. The van der Waals surface area contributed by atoms with Gasteiger partial charge in [-0.25, -0.2) is 9.18 Å². The third kappa shape index (κ3) is 3.98. The maximum atomic E-state index is 13.7. The number of anilines is 1. The summed E-state index contributed by atoms with van der Waals surface area (Å²) in [6, 6.07) is 8.23. The number of aromatic amines is 1. The van der Waals surface area contributed by atoms with E-state index in [0.29, 0.717) is 0 Å². The van der Waals surface area contributed by atoms with Gasteiger partial charge in [0.1, 0.15) is 11.5 Å². The van der Waals surface area contributed by atoms with Gasteiger partial charge >= 0.3 is 5.97 Å². The second-order valence-electron chi connectivity index (χ2n) is 6.27. The fourth-order valence-corrected chi connectivity index (χ4v) is 2.83. The standard InChI is InChI=1S/C19H16FN3O5/c1-10-5-11(2)13-8-17(21-15(13)6-10)19(25)28-9-18(24)22-16-7-12(23(26)27)3-4-14(16)20/h3-8,21H,9H2,1-2H3,(H,22,24). The largest absolute Gasteiger partial charge is 0.451 e. The molecule has 8 nitrogen and oxygen atoms in total. The van der Waals surface area contributed by atoms with Crippen molar-refractivity contribution >= 4 is 34.2 Å². The molecule has 1 amide bonds. The molecule has 0 aliphatic carbocycles. The number of nitro groups is 1. The normalized spacial score (nSPS) is 10.7. The first-order valence-corrected chi connectivity index (χ1v) is 8.25. The van der Waals surface area contributed by atoms with Gasteiger partial charge in [0.25, 0.3) is 11.6 Å². The van der Waals surface area contributed by atoms with E-state index in [1.165, 1.54) is 0 Å². The van der Waals surface area contributed by atoms with Gasteiger partial charge in [-0.3, -0.25) is 14.9 Å². The van der Waals surface area contributed by atoms with Crippen LogP contribution >= 0.6 is 0 Å². The summed E-state index contributed by atoms with van der Waals surface area (Å²) in [6.45, 7) is 3.18. The summed E-state index contributed by atoms with van der Waals surface area (Å²) in [7, 11) is 0. The van der Waals surface area contributed by atoms with E-state index in [2.05, 4.69) is 10.3 Å². The van der Waals surface area contributed by atoms with Crippen molar-refractivity contribution in [2.45, 2.75) is 13.8 Å². The van der Waals surface area contributed by atoms with Crippen LogP contribution in [0, 0.1) is 29.8 Å². The quantitative estimate of drug-likeness (QED) is 0.395. The molecule has 0 spiro atoms. The van der Waals surface area contributed by atoms with E-state index in [9.17, 15) is 24.1 Å². The fraction of sp³-hybridized carbons (Fsp3) is 0.158. The molecule has 0 saturated heterocycles. The highest BCUT2D eigenvalue weighted by molar-refractivity contribution is 5.98. The van der Waals surface area contributed by atoms with Crippen LogP contribution in [0.5, 0.6) is 0 Å². The minimum absolute atomic E-state index is 0.179. The van der Waals surface area contributed by atoms with Crippen molar-refractivity contribution in [3.63, 3.8) is 0 Å². The predicted molar refractivity (Wildman–Crippen MR) is 99.7 cm³/mol. The van der Waals surface area contributed by atoms with Crippen LogP contribution in [0.15, 0.2) is 36.4 Å². The third-order valence-corrected chi connectivity index (χ3v) is 4.08. The molecule has 3 aromatic rings. The summed E-state index contributed by atoms with van der Waals surface area (Å²) in [5.41, 5.74) is 2.23. The summed E-state index contributed by atoms with van der Waals surface area (Å²) in [6.07, 6.45) is 0. The maximum absolute atomic E-state index is 13.7. The number of rotatable bonds is 5. The molecule has 144 valence electrons. The highest BCUT2D eigenvalue weighted by Crippen LogP contribution is 2.23. The molecule has 0 saturated carbocycles. The smallest absolute Gasteiger partial charge is 0.355 e. The fourth-order valence-electron chi connectivity index (χ4n) is 2.83. The molecule has 0 atom stereocenters. The van der Waals surface area contributed by atoms with Gasteiger partial charge in [-0.05, 0) is 43.2 Å². The van der Waals surface area contributed by atoms with Crippen LogP contribution in [0.1, 0.15) is 21.6 Å². The zero-order valence-corrected chi connectivity index (χ0v) is 15.0. The molecule has 0 bridgehead atoms. The number of aryl methyl sites for hydroxylation is 2. The first kappa shape index (κ1) is 19.0. The van der Waals surface area contributed by atoms with Gasteiger partial charge in [-0.1, -0.05) is 6.07 Å². The Balaban J connectivity index is 1.66. The maximum Gasteiger partial charge on any atom is 0.355 e. The number of aromatic nitrogens is 1. The molecule has 2 aromatic carbocycles. The molecule has 0 unspecified atom stereocenters. The lowest BCUT2D eigenvalue weighted by Gasteiger charge is -2.07. The zero-order chi connectivity index (χ0) is 20.4. The number of nitro benzene ring substituents is 1. The Morgan fingerprint density at radius 3 is 2.68 bits per heavy atom. The lowest BCUT2D eigenvalue weighted by Crippen LogP contribution is -2.21. The summed E-state index contributed by atoms with van der Waals surface area (Å²) >= 11 is 0. The number of hydrogen-bond acceptors (Lipinski definition) is 5. The minimum atomic E-state index is -0.841. The average Bonchev–Trinajstić information content (AvgIpc) is 3.05. The van der Waals surface area contributed by atoms with E-state index in [1.807, 2.05) is 26.0 Å². The van der Waals surface area contributed by atoms with Crippen molar-refractivity contribution < 1.29 is 23.6 Å². The number of ether oxygens (including phenoxy) is 1. The van der Waals surface area contributed by atoms with E-state index in [1.54, 1.807) is 6.07 Å². The number of carbonyl (C=O) groups is 2. The number of benzene rings is 2. The van der Waals surface area contributed by atoms with Gasteiger partial charge in [0.05, 0.1) is 10.6 Å². The van der Waals surface area contributed by atoms with Crippen LogP contribution in [0.25, 0.3) is 10.9 Å². The summed E-state index contributed by atoms with van der Waals surface area (Å²) in [4.78, 5) is 37.1. The topological polar surface area (TPSA) is 114 Å². The Labute approximate surface area is 158 Å². The Kier molecular flexibility index (Phi) is 5.08. The number of halogens is 1. The number of hydrogen-bond donors (Lipinski definition) is 2. The van der Waals surface area contributed by atoms with E-state index in [-0.39, 0.29) is 17.1 Å². The number of nitrogens with zero attached hydrogens (tertiary/aromatic N) is 1. The Hall–Kier alpha value is -3.75. The van der Waals surface area contributed by atoms with Gasteiger partial charge in [0.15, 0.2) is 6.61 Å². The molecule has 3 rings (SSSR count). The molecular weight excluding hydrogens is 369 g/mol. The van der Waals surface area contributed by atoms with Crippen molar-refractivity contribution in [1.82, 2.24) is 4.98 Å². The molecule has 0 aliphatic heterocycles. The number of amides is 1. The monoisotopic (exact) mass is 385 g/mol. The predicted octanol–water partition coefficient (Wildman–Crippen LogP) is 3.63. The van der Waals surface area contributed by atoms with Crippen LogP contribution in [-0.4, -0.2) is 28.4 Å². The number of esters is 1. The first-order chi connectivity index (χ1) is 13.2. The van der Waals surface area contributed by atoms with Gasteiger partial charge in [0, 0.05) is 23.0 Å². The molecule has 0 radical (unpaired) electrons. The van der Waals surface area contributed by atoms with E-state index >= 15 is 0 Å². The van der Waals surface area contributed by atoms with Crippen LogP contribution < -0.4 is 5.32 Å². The Morgan fingerprint density at radius 1 is 1.21 bits per heavy atom. The number of non-ortho nitro benzene ring substituents is 1. The molecule has 9 heteroatoms. The van der Waals surface area contributed by atoms with Crippen LogP contribution in [0.3, 0.4) is 0 Å². The first-order valence-electron chi connectivity index (χ1n) is 8.25. The van der Waals surface area contributed by atoms with Crippen molar-refractivity contribution in [1.29, 1.82) is 0 Å². The second kappa shape index (κ2) is 7.47. The summed E-state index contributed by atoms with van der Waals surface area (Å²) in [5, 5.41) is 13.7. The second-order valence-corrected chi connectivity index (χ2v) is 6.27. The highest BCUT2D eigenvalue weighted by Gasteiger charge is 2.16. The number of carbonyl (C=O) groups excluding carboxylic acids is 2. The van der Waals surface area contributed by atoms with Crippen molar-refractivity contribution in [3.05, 3.63) is 69.2 Å². The van der Waals surface area contributed by atoms with Crippen LogP contribution in [0.2, 0.25) is 0 Å². The lowest BCUT2D eigenvalue weighted by atomic mass is 10.1. The molecule has 1 heterocycles. The van der Waals surface area contributed by atoms with Gasteiger partial charge < -0.3 is 15.0 Å². The molecule has 0 aliphatic rings. The molecular formula is C19H16FN3O5. The van der Waals surface area contributed by atoms with E-state index in [0.717, 1.165) is 40.2 Å². The number of H-pyrrole nitrogens is 1. The molecule has 0 fully saturated rings. The van der Waals surface area contributed by atoms with Gasteiger partial charge in [0.2, 0.25) is 0 Å². The molecule has 28 heavy (non-hydrogen) atoms. The average molecular weight is 385 g/mol. The summed E-state index contributed by atoms with van der Waals surface area (Å²) in [5.74, 6) is -2.41. The third-order valence-electron chi connectivity index (χ3n) is 4.08. The Morgan fingerprint density at radius 2 is 1.96 bits per heavy atom. The van der Waals surface area contributed by atoms with Gasteiger partial charge in [-0.2, -0.15) is 0 Å². The van der Waals surface area contributed by atoms with Crippen LogP contribution in [0.4, 0.5) is 15.8 Å². The van der Waals surface area contributed by atoms with E-state index < -0.39 is 29.2 Å². The van der Waals surface area contributed by atoms with Gasteiger partial charge in [-0.15, -0.1) is 0 Å².